The van der Waals surface area contributed by atoms with Gasteiger partial charge in [-0.05, 0) is 39.0 Å². The molecule has 2 rings (SSSR count). The molecule has 3 heteroatoms. The number of carbonyl (C=O) groups excluding carboxylic acids is 1. The van der Waals surface area contributed by atoms with Crippen LogP contribution in [0, 0.1) is 5.92 Å². The fourth-order valence-electron chi connectivity index (χ4n) is 3.20. The van der Waals surface area contributed by atoms with E-state index in [1.54, 1.807) is 0 Å². The molecule has 1 aliphatic carbocycles. The number of hydrogen-bond acceptors (Lipinski definition) is 2. The normalized spacial score (nSPS) is 33.1. The minimum absolute atomic E-state index is 0.304. The highest BCUT2D eigenvalue weighted by molar-refractivity contribution is 5.88. The van der Waals surface area contributed by atoms with Gasteiger partial charge >= 0.3 is 0 Å². The molecule has 0 radical (unpaired) electrons. The van der Waals surface area contributed by atoms with Gasteiger partial charge in [-0.25, -0.2) is 0 Å². The zero-order valence-corrected chi connectivity index (χ0v) is 11.5. The van der Waals surface area contributed by atoms with Gasteiger partial charge in [0.15, 0.2) is 0 Å². The van der Waals surface area contributed by atoms with E-state index in [2.05, 4.69) is 24.1 Å². The highest BCUT2D eigenvalue weighted by Gasteiger charge is 2.43. The molecule has 98 valence electrons. The third-order valence-corrected chi connectivity index (χ3v) is 4.90. The van der Waals surface area contributed by atoms with E-state index < -0.39 is 0 Å². The molecule has 3 nitrogen and oxygen atoms in total. The van der Waals surface area contributed by atoms with Crippen molar-refractivity contribution in [3.8, 4) is 0 Å². The maximum absolute atomic E-state index is 12.4. The molecular weight excluding hydrogens is 212 g/mol. The van der Waals surface area contributed by atoms with Crippen molar-refractivity contribution in [2.45, 2.75) is 70.9 Å². The van der Waals surface area contributed by atoms with E-state index in [1.165, 1.54) is 32.1 Å². The summed E-state index contributed by atoms with van der Waals surface area (Å²) in [6.07, 6.45) is 7.54. The molecule has 1 N–H and O–H groups in total. The molecule has 1 saturated heterocycles. The third-order valence-electron chi connectivity index (χ3n) is 4.90. The average molecular weight is 238 g/mol. The molecule has 0 aromatic carbocycles. The van der Waals surface area contributed by atoms with Crippen LogP contribution in [0.15, 0.2) is 0 Å². The number of amides is 1. The van der Waals surface area contributed by atoms with Crippen LogP contribution in [-0.4, -0.2) is 29.1 Å². The molecule has 0 aromatic heterocycles. The molecule has 2 atom stereocenters. The zero-order chi connectivity index (χ0) is 12.5. The minimum atomic E-state index is -0.317. The van der Waals surface area contributed by atoms with Gasteiger partial charge in [-0.15, -0.1) is 0 Å². The third kappa shape index (κ3) is 2.35. The number of nitrogens with one attached hydrogen (secondary N) is 1. The SMILES string of the molecule is CCC1(C)NCN(C(C)C2CCCCC2)C1=O. The van der Waals surface area contributed by atoms with Gasteiger partial charge in [-0.3, -0.25) is 10.1 Å². The largest absolute Gasteiger partial charge is 0.325 e. The highest BCUT2D eigenvalue weighted by Crippen LogP contribution is 2.31. The summed E-state index contributed by atoms with van der Waals surface area (Å²) in [5, 5.41) is 3.38. The molecule has 1 aliphatic heterocycles. The second-order valence-electron chi connectivity index (χ2n) is 5.93. The Balaban J connectivity index is 2.01. The summed E-state index contributed by atoms with van der Waals surface area (Å²) >= 11 is 0. The molecule has 2 aliphatic rings. The fraction of sp³-hybridized carbons (Fsp3) is 0.929. The number of carbonyl (C=O) groups is 1. The quantitative estimate of drug-likeness (QED) is 0.819. The first-order chi connectivity index (χ1) is 8.08. The standard InChI is InChI=1S/C14H26N2O/c1-4-14(3)13(17)16(10-15-14)11(2)12-8-6-5-7-9-12/h11-12,15H,4-10H2,1-3H3. The maximum Gasteiger partial charge on any atom is 0.243 e. The van der Waals surface area contributed by atoms with Crippen LogP contribution < -0.4 is 5.32 Å². The predicted molar refractivity (Wildman–Crippen MR) is 69.6 cm³/mol. The van der Waals surface area contributed by atoms with Crippen molar-refractivity contribution in [3.63, 3.8) is 0 Å². The molecule has 1 saturated carbocycles. The van der Waals surface area contributed by atoms with Crippen LogP contribution in [0.2, 0.25) is 0 Å². The average Bonchev–Trinajstić information content (AvgIpc) is 2.67. The van der Waals surface area contributed by atoms with Crippen LogP contribution in [0.3, 0.4) is 0 Å². The molecule has 2 fully saturated rings. The second-order valence-corrected chi connectivity index (χ2v) is 5.93. The number of nitrogens with zero attached hydrogens (tertiary/aromatic N) is 1. The van der Waals surface area contributed by atoms with Crippen LogP contribution in [0.4, 0.5) is 0 Å². The molecule has 17 heavy (non-hydrogen) atoms. The lowest BCUT2D eigenvalue weighted by molar-refractivity contribution is -0.134. The molecule has 1 amide bonds. The summed E-state index contributed by atoms with van der Waals surface area (Å²) < 4.78 is 0. The van der Waals surface area contributed by atoms with E-state index in [1.807, 2.05) is 6.92 Å². The van der Waals surface area contributed by atoms with E-state index in [0.29, 0.717) is 17.9 Å². The van der Waals surface area contributed by atoms with Gasteiger partial charge < -0.3 is 4.90 Å². The van der Waals surface area contributed by atoms with Crippen LogP contribution in [0.5, 0.6) is 0 Å². The lowest BCUT2D eigenvalue weighted by Crippen LogP contribution is -2.46. The lowest BCUT2D eigenvalue weighted by atomic mass is 9.83. The van der Waals surface area contributed by atoms with Crippen molar-refractivity contribution in [2.75, 3.05) is 6.67 Å². The monoisotopic (exact) mass is 238 g/mol. The topological polar surface area (TPSA) is 32.3 Å². The van der Waals surface area contributed by atoms with Crippen molar-refractivity contribution in [1.82, 2.24) is 10.2 Å². The Hall–Kier alpha value is -0.570. The Morgan fingerprint density at radius 3 is 2.59 bits per heavy atom. The summed E-state index contributed by atoms with van der Waals surface area (Å²) in [6, 6.07) is 0.406. The Kier molecular flexibility index (Phi) is 3.76. The summed E-state index contributed by atoms with van der Waals surface area (Å²) in [5.74, 6) is 1.02. The van der Waals surface area contributed by atoms with Crippen molar-refractivity contribution >= 4 is 5.91 Å². The van der Waals surface area contributed by atoms with Crippen LogP contribution in [0.1, 0.15) is 59.3 Å². The zero-order valence-electron chi connectivity index (χ0n) is 11.5. The fourth-order valence-corrected chi connectivity index (χ4v) is 3.20. The Labute approximate surface area is 105 Å². The Bertz CT molecular complexity index is 286. The van der Waals surface area contributed by atoms with Gasteiger partial charge in [-0.2, -0.15) is 0 Å². The lowest BCUT2D eigenvalue weighted by Gasteiger charge is -2.34. The van der Waals surface area contributed by atoms with Crippen LogP contribution >= 0.6 is 0 Å². The number of rotatable bonds is 3. The summed E-state index contributed by atoms with van der Waals surface area (Å²) in [4.78, 5) is 14.5. The van der Waals surface area contributed by atoms with Crippen molar-refractivity contribution in [2.24, 2.45) is 5.92 Å². The molecule has 0 spiro atoms. The van der Waals surface area contributed by atoms with Crippen molar-refractivity contribution < 1.29 is 4.79 Å². The van der Waals surface area contributed by atoms with Crippen molar-refractivity contribution in [1.29, 1.82) is 0 Å². The molecule has 0 aromatic rings. The summed E-state index contributed by atoms with van der Waals surface area (Å²) in [7, 11) is 0. The first-order valence-corrected chi connectivity index (χ1v) is 7.14. The van der Waals surface area contributed by atoms with Crippen LogP contribution in [0.25, 0.3) is 0 Å². The molecule has 1 heterocycles. The molecular formula is C14H26N2O. The molecule has 2 unspecified atom stereocenters. The minimum Gasteiger partial charge on any atom is -0.325 e. The van der Waals surface area contributed by atoms with E-state index in [-0.39, 0.29) is 5.54 Å². The summed E-state index contributed by atoms with van der Waals surface area (Å²) in [6.45, 7) is 7.08. The Morgan fingerprint density at radius 2 is 2.06 bits per heavy atom. The smallest absolute Gasteiger partial charge is 0.243 e. The Morgan fingerprint density at radius 1 is 1.41 bits per heavy atom. The van der Waals surface area contributed by atoms with Crippen LogP contribution in [-0.2, 0) is 4.79 Å². The van der Waals surface area contributed by atoms with Gasteiger partial charge in [0.05, 0.1) is 12.2 Å². The van der Waals surface area contributed by atoms with Gasteiger partial charge in [0.2, 0.25) is 5.91 Å². The van der Waals surface area contributed by atoms with Gasteiger partial charge in [0.1, 0.15) is 0 Å². The maximum atomic E-state index is 12.4. The second kappa shape index (κ2) is 4.97. The number of hydrogen-bond donors (Lipinski definition) is 1. The summed E-state index contributed by atoms with van der Waals surface area (Å²) in [5.41, 5.74) is -0.317. The van der Waals surface area contributed by atoms with E-state index >= 15 is 0 Å². The molecule has 0 bridgehead atoms. The van der Waals surface area contributed by atoms with Gasteiger partial charge in [0, 0.05) is 6.04 Å². The van der Waals surface area contributed by atoms with Gasteiger partial charge in [0.25, 0.3) is 0 Å². The van der Waals surface area contributed by atoms with Gasteiger partial charge in [-0.1, -0.05) is 26.2 Å². The van der Waals surface area contributed by atoms with E-state index in [4.69, 9.17) is 0 Å². The van der Waals surface area contributed by atoms with E-state index in [0.717, 1.165) is 13.1 Å². The highest BCUT2D eigenvalue weighted by atomic mass is 16.2. The first-order valence-electron chi connectivity index (χ1n) is 7.14. The first kappa shape index (κ1) is 12.9. The van der Waals surface area contributed by atoms with E-state index in [9.17, 15) is 4.79 Å². The predicted octanol–water partition coefficient (Wildman–Crippen LogP) is 2.51. The van der Waals surface area contributed by atoms with Crippen molar-refractivity contribution in [3.05, 3.63) is 0 Å².